The van der Waals surface area contributed by atoms with E-state index in [1.807, 2.05) is 30.3 Å². The van der Waals surface area contributed by atoms with Crippen LogP contribution in [0.3, 0.4) is 0 Å². The van der Waals surface area contributed by atoms with Gasteiger partial charge in [-0.15, -0.1) is 0 Å². The number of unbranched alkanes of at least 4 members (excludes halogenated alkanes) is 3. The molecule has 14 heavy (non-hydrogen) atoms. The van der Waals surface area contributed by atoms with E-state index in [2.05, 4.69) is 17.2 Å². The lowest BCUT2D eigenvalue weighted by Crippen LogP contribution is -1.79. The van der Waals surface area contributed by atoms with Crippen LogP contribution in [-0.4, -0.2) is 6.54 Å². The van der Waals surface area contributed by atoms with Gasteiger partial charge < -0.3 is 0 Å². The van der Waals surface area contributed by atoms with E-state index < -0.39 is 0 Å². The Morgan fingerprint density at radius 3 is 2.50 bits per heavy atom. The van der Waals surface area contributed by atoms with E-state index in [1.54, 1.807) is 0 Å². The van der Waals surface area contributed by atoms with Crippen LogP contribution in [0, 0.1) is 0 Å². The molecule has 0 heterocycles. The van der Waals surface area contributed by atoms with Crippen LogP contribution < -0.4 is 0 Å². The third-order valence-corrected chi connectivity index (χ3v) is 2.05. The maximum Gasteiger partial charge on any atom is 0.0852 e. The molecule has 0 atom stereocenters. The molecule has 0 aliphatic heterocycles. The molecule has 1 rings (SSSR count). The van der Waals surface area contributed by atoms with Gasteiger partial charge >= 0.3 is 0 Å². The number of azo groups is 1. The summed E-state index contributed by atoms with van der Waals surface area (Å²) < 4.78 is 0. The highest BCUT2D eigenvalue weighted by Gasteiger charge is 1.86. The van der Waals surface area contributed by atoms with Crippen molar-refractivity contribution >= 4 is 5.69 Å². The molecule has 0 bridgehead atoms. The molecular weight excluding hydrogens is 172 g/mol. The van der Waals surface area contributed by atoms with Crippen LogP contribution >= 0.6 is 0 Å². The molecule has 1 aromatic carbocycles. The van der Waals surface area contributed by atoms with Crippen LogP contribution in [0.1, 0.15) is 32.6 Å². The molecule has 0 radical (unpaired) electrons. The van der Waals surface area contributed by atoms with Crippen molar-refractivity contribution in [1.29, 1.82) is 0 Å². The number of rotatable bonds is 6. The molecule has 2 heteroatoms. The normalized spacial score (nSPS) is 10.9. The first-order valence-electron chi connectivity index (χ1n) is 5.36. The minimum Gasteiger partial charge on any atom is -0.189 e. The van der Waals surface area contributed by atoms with Crippen LogP contribution in [0.15, 0.2) is 40.6 Å². The van der Waals surface area contributed by atoms with Gasteiger partial charge in [0, 0.05) is 0 Å². The van der Waals surface area contributed by atoms with Crippen LogP contribution in [0.5, 0.6) is 0 Å². The number of benzene rings is 1. The average molecular weight is 190 g/mol. The van der Waals surface area contributed by atoms with E-state index in [4.69, 9.17) is 0 Å². The summed E-state index contributed by atoms with van der Waals surface area (Å²) in [6, 6.07) is 9.88. The first-order valence-corrected chi connectivity index (χ1v) is 5.36. The molecule has 0 saturated carbocycles. The SMILES string of the molecule is CCCCCCN=Nc1ccccc1. The second kappa shape index (κ2) is 7.25. The van der Waals surface area contributed by atoms with E-state index in [0.29, 0.717) is 0 Å². The lowest BCUT2D eigenvalue weighted by molar-refractivity contribution is 0.666. The zero-order valence-electron chi connectivity index (χ0n) is 8.82. The van der Waals surface area contributed by atoms with Crippen molar-refractivity contribution in [2.45, 2.75) is 32.6 Å². The Kier molecular flexibility index (Phi) is 5.64. The topological polar surface area (TPSA) is 24.7 Å². The van der Waals surface area contributed by atoms with Crippen molar-refractivity contribution in [3.8, 4) is 0 Å². The van der Waals surface area contributed by atoms with Gasteiger partial charge in [-0.2, -0.15) is 10.2 Å². The quantitative estimate of drug-likeness (QED) is 0.470. The minimum atomic E-state index is 0.856. The van der Waals surface area contributed by atoms with Crippen LogP contribution in [0.2, 0.25) is 0 Å². The van der Waals surface area contributed by atoms with Gasteiger partial charge in [0.25, 0.3) is 0 Å². The van der Waals surface area contributed by atoms with Crippen molar-refractivity contribution in [2.75, 3.05) is 6.54 Å². The molecule has 0 aliphatic carbocycles. The lowest BCUT2D eigenvalue weighted by Gasteiger charge is -1.93. The minimum absolute atomic E-state index is 0.856. The van der Waals surface area contributed by atoms with E-state index >= 15 is 0 Å². The van der Waals surface area contributed by atoms with E-state index in [9.17, 15) is 0 Å². The Bertz CT molecular complexity index is 254. The third kappa shape index (κ3) is 4.75. The number of hydrogen-bond donors (Lipinski definition) is 0. The number of hydrogen-bond acceptors (Lipinski definition) is 2. The van der Waals surface area contributed by atoms with Gasteiger partial charge in [0.15, 0.2) is 0 Å². The monoisotopic (exact) mass is 190 g/mol. The fraction of sp³-hybridized carbons (Fsp3) is 0.500. The number of nitrogens with zero attached hydrogens (tertiary/aromatic N) is 2. The second-order valence-corrected chi connectivity index (χ2v) is 3.36. The van der Waals surface area contributed by atoms with Gasteiger partial charge in [-0.25, -0.2) is 0 Å². The fourth-order valence-electron chi connectivity index (χ4n) is 1.24. The summed E-state index contributed by atoms with van der Waals surface area (Å²) in [6.45, 7) is 3.07. The summed E-state index contributed by atoms with van der Waals surface area (Å²) >= 11 is 0. The van der Waals surface area contributed by atoms with Gasteiger partial charge in [0.05, 0.1) is 12.2 Å². The smallest absolute Gasteiger partial charge is 0.0852 e. The largest absolute Gasteiger partial charge is 0.189 e. The Balaban J connectivity index is 2.15. The highest BCUT2D eigenvalue weighted by Crippen LogP contribution is 2.10. The Hall–Kier alpha value is -1.18. The summed E-state index contributed by atoms with van der Waals surface area (Å²) in [5, 5.41) is 8.27. The second-order valence-electron chi connectivity index (χ2n) is 3.36. The van der Waals surface area contributed by atoms with Crippen molar-refractivity contribution < 1.29 is 0 Å². The van der Waals surface area contributed by atoms with Crippen molar-refractivity contribution in [3.05, 3.63) is 30.3 Å². The summed E-state index contributed by atoms with van der Waals surface area (Å²) in [6.07, 6.45) is 5.01. The van der Waals surface area contributed by atoms with Crippen LogP contribution in [0.4, 0.5) is 5.69 Å². The summed E-state index contributed by atoms with van der Waals surface area (Å²) in [4.78, 5) is 0. The molecular formula is C12H18N2. The van der Waals surface area contributed by atoms with Crippen molar-refractivity contribution in [2.24, 2.45) is 10.2 Å². The highest BCUT2D eigenvalue weighted by molar-refractivity contribution is 5.34. The van der Waals surface area contributed by atoms with E-state index in [0.717, 1.165) is 18.7 Å². The molecule has 0 amide bonds. The highest BCUT2D eigenvalue weighted by atomic mass is 15.1. The molecule has 0 aromatic heterocycles. The maximum absolute atomic E-state index is 4.14. The van der Waals surface area contributed by atoms with Crippen molar-refractivity contribution in [3.63, 3.8) is 0 Å². The third-order valence-electron chi connectivity index (χ3n) is 2.05. The Morgan fingerprint density at radius 1 is 1.00 bits per heavy atom. The molecule has 2 nitrogen and oxygen atoms in total. The van der Waals surface area contributed by atoms with Gasteiger partial charge in [-0.05, 0) is 18.6 Å². The van der Waals surface area contributed by atoms with E-state index in [-0.39, 0.29) is 0 Å². The van der Waals surface area contributed by atoms with Crippen molar-refractivity contribution in [1.82, 2.24) is 0 Å². The molecule has 0 aliphatic rings. The Morgan fingerprint density at radius 2 is 1.79 bits per heavy atom. The predicted molar refractivity (Wildman–Crippen MR) is 60.0 cm³/mol. The lowest BCUT2D eigenvalue weighted by atomic mass is 10.2. The summed E-state index contributed by atoms with van der Waals surface area (Å²) in [5.41, 5.74) is 0.947. The van der Waals surface area contributed by atoms with Gasteiger partial charge in [-0.3, -0.25) is 0 Å². The zero-order valence-corrected chi connectivity index (χ0v) is 8.82. The molecule has 0 saturated heterocycles. The van der Waals surface area contributed by atoms with Crippen LogP contribution in [-0.2, 0) is 0 Å². The van der Waals surface area contributed by atoms with E-state index in [1.165, 1.54) is 19.3 Å². The molecule has 76 valence electrons. The molecule has 0 N–H and O–H groups in total. The maximum atomic E-state index is 4.14. The molecule has 0 spiro atoms. The first-order chi connectivity index (χ1) is 6.93. The fourth-order valence-corrected chi connectivity index (χ4v) is 1.24. The molecule has 0 unspecified atom stereocenters. The van der Waals surface area contributed by atoms with Crippen LogP contribution in [0.25, 0.3) is 0 Å². The molecule has 0 fully saturated rings. The first kappa shape index (κ1) is 10.9. The standard InChI is InChI=1S/C12H18N2/c1-2-3-4-8-11-13-14-12-9-6-5-7-10-12/h5-7,9-10H,2-4,8,11H2,1H3. The molecule has 1 aromatic rings. The van der Waals surface area contributed by atoms with Gasteiger partial charge in [-0.1, -0.05) is 44.4 Å². The summed E-state index contributed by atoms with van der Waals surface area (Å²) in [5.74, 6) is 0. The average Bonchev–Trinajstić information content (AvgIpc) is 2.25. The van der Waals surface area contributed by atoms with Gasteiger partial charge in [0.1, 0.15) is 0 Å². The van der Waals surface area contributed by atoms with Gasteiger partial charge in [0.2, 0.25) is 0 Å². The Labute approximate surface area is 86.1 Å². The predicted octanol–water partition coefficient (Wildman–Crippen LogP) is 4.35. The summed E-state index contributed by atoms with van der Waals surface area (Å²) in [7, 11) is 0. The zero-order chi connectivity index (χ0) is 10.1.